The van der Waals surface area contributed by atoms with Crippen molar-refractivity contribution in [2.75, 3.05) is 16.8 Å². The van der Waals surface area contributed by atoms with E-state index in [1.807, 2.05) is 24.3 Å². The van der Waals surface area contributed by atoms with Crippen LogP contribution in [0.2, 0.25) is 0 Å². The van der Waals surface area contributed by atoms with Crippen LogP contribution in [0, 0.1) is 0 Å². The maximum Gasteiger partial charge on any atom is 0.255 e. The van der Waals surface area contributed by atoms with Gasteiger partial charge >= 0.3 is 0 Å². The van der Waals surface area contributed by atoms with Gasteiger partial charge in [-0.2, -0.15) is 0 Å². The van der Waals surface area contributed by atoms with Crippen molar-refractivity contribution in [2.24, 2.45) is 0 Å². The number of aromatic nitrogens is 1. The molecule has 0 saturated heterocycles. The molecule has 0 aliphatic heterocycles. The molecule has 0 radical (unpaired) electrons. The van der Waals surface area contributed by atoms with Crippen molar-refractivity contribution in [1.29, 1.82) is 0 Å². The Hall–Kier alpha value is -2.36. The molecule has 0 spiro atoms. The minimum atomic E-state index is -0.124. The lowest BCUT2D eigenvalue weighted by atomic mass is 10.2. The summed E-state index contributed by atoms with van der Waals surface area (Å²) in [5, 5.41) is 2.89. The maximum atomic E-state index is 12.0. The predicted molar refractivity (Wildman–Crippen MR) is 86.8 cm³/mol. The normalized spacial score (nSPS) is 10.5. The van der Waals surface area contributed by atoms with Gasteiger partial charge in [0.25, 0.3) is 5.91 Å². The van der Waals surface area contributed by atoms with Crippen LogP contribution < -0.4 is 10.2 Å². The number of carbonyl (C=O) groups is 1. The highest BCUT2D eigenvalue weighted by Crippen LogP contribution is 2.20. The van der Waals surface area contributed by atoms with Crippen LogP contribution in [0.5, 0.6) is 0 Å². The Morgan fingerprint density at radius 1 is 1.14 bits per heavy atom. The molecule has 1 amide bonds. The van der Waals surface area contributed by atoms with E-state index in [4.69, 9.17) is 0 Å². The largest absolute Gasteiger partial charge is 0.369 e. The molecule has 0 aliphatic rings. The molecule has 1 heterocycles. The monoisotopic (exact) mass is 283 g/mol. The lowest BCUT2D eigenvalue weighted by Gasteiger charge is -2.27. The van der Waals surface area contributed by atoms with Gasteiger partial charge in [-0.05, 0) is 57.2 Å². The molecule has 21 heavy (non-hydrogen) atoms. The van der Waals surface area contributed by atoms with Crippen LogP contribution in [0.1, 0.15) is 31.1 Å². The Morgan fingerprint density at radius 3 is 2.29 bits per heavy atom. The third kappa shape index (κ3) is 3.81. The van der Waals surface area contributed by atoms with Gasteiger partial charge in [0.15, 0.2) is 0 Å². The van der Waals surface area contributed by atoms with Crippen molar-refractivity contribution in [3.63, 3.8) is 0 Å². The molecule has 110 valence electrons. The second-order valence-corrected chi connectivity index (χ2v) is 5.12. The maximum absolute atomic E-state index is 12.0. The quantitative estimate of drug-likeness (QED) is 0.912. The van der Waals surface area contributed by atoms with Crippen molar-refractivity contribution in [2.45, 2.75) is 26.8 Å². The first-order chi connectivity index (χ1) is 10.1. The Kier molecular flexibility index (Phi) is 4.93. The minimum absolute atomic E-state index is 0.124. The van der Waals surface area contributed by atoms with E-state index >= 15 is 0 Å². The van der Waals surface area contributed by atoms with E-state index in [1.165, 1.54) is 0 Å². The fourth-order valence-corrected chi connectivity index (χ4v) is 2.29. The fraction of sp³-hybridized carbons (Fsp3) is 0.294. The molecule has 4 heteroatoms. The van der Waals surface area contributed by atoms with Crippen LogP contribution in [-0.2, 0) is 0 Å². The molecule has 2 aromatic rings. The van der Waals surface area contributed by atoms with Gasteiger partial charge in [-0.1, -0.05) is 0 Å². The molecule has 0 saturated carbocycles. The van der Waals surface area contributed by atoms with Crippen molar-refractivity contribution >= 4 is 17.3 Å². The summed E-state index contributed by atoms with van der Waals surface area (Å²) in [7, 11) is 0. The molecular weight excluding hydrogens is 262 g/mol. The number of hydrogen-bond donors (Lipinski definition) is 1. The number of pyridine rings is 1. The SMILES string of the molecule is CCN(c1ccc(NC(=O)c2ccncc2)cc1)C(C)C. The number of carbonyl (C=O) groups excluding carboxylic acids is 1. The summed E-state index contributed by atoms with van der Waals surface area (Å²) in [5.41, 5.74) is 2.56. The number of rotatable bonds is 5. The Bertz CT molecular complexity index is 579. The number of anilines is 2. The zero-order valence-electron chi connectivity index (χ0n) is 12.7. The molecule has 0 atom stereocenters. The van der Waals surface area contributed by atoms with Crippen molar-refractivity contribution < 1.29 is 4.79 Å². The van der Waals surface area contributed by atoms with Gasteiger partial charge in [-0.15, -0.1) is 0 Å². The van der Waals surface area contributed by atoms with E-state index in [9.17, 15) is 4.79 Å². The zero-order chi connectivity index (χ0) is 15.2. The average molecular weight is 283 g/mol. The molecular formula is C17H21N3O. The van der Waals surface area contributed by atoms with Crippen LogP contribution >= 0.6 is 0 Å². The molecule has 0 aliphatic carbocycles. The standard InChI is InChI=1S/C17H21N3O/c1-4-20(13(2)3)16-7-5-15(6-8-16)19-17(21)14-9-11-18-12-10-14/h5-13H,4H2,1-3H3,(H,19,21). The average Bonchev–Trinajstić information content (AvgIpc) is 2.50. The fourth-order valence-electron chi connectivity index (χ4n) is 2.29. The molecule has 0 bridgehead atoms. The third-order valence-corrected chi connectivity index (χ3v) is 3.36. The highest BCUT2D eigenvalue weighted by Gasteiger charge is 2.09. The smallest absolute Gasteiger partial charge is 0.255 e. The van der Waals surface area contributed by atoms with Crippen LogP contribution in [0.3, 0.4) is 0 Å². The lowest BCUT2D eigenvalue weighted by molar-refractivity contribution is 0.102. The number of nitrogens with one attached hydrogen (secondary N) is 1. The molecule has 0 unspecified atom stereocenters. The first-order valence-corrected chi connectivity index (χ1v) is 7.20. The second kappa shape index (κ2) is 6.88. The predicted octanol–water partition coefficient (Wildman–Crippen LogP) is 3.57. The Morgan fingerprint density at radius 2 is 1.76 bits per heavy atom. The molecule has 1 N–H and O–H groups in total. The van der Waals surface area contributed by atoms with E-state index in [-0.39, 0.29) is 5.91 Å². The molecule has 1 aromatic carbocycles. The third-order valence-electron chi connectivity index (χ3n) is 3.36. The Balaban J connectivity index is 2.08. The molecule has 0 fully saturated rings. The highest BCUT2D eigenvalue weighted by molar-refractivity contribution is 6.04. The minimum Gasteiger partial charge on any atom is -0.369 e. The van der Waals surface area contributed by atoms with E-state index in [0.29, 0.717) is 11.6 Å². The zero-order valence-corrected chi connectivity index (χ0v) is 12.7. The van der Waals surface area contributed by atoms with Gasteiger partial charge < -0.3 is 10.2 Å². The van der Waals surface area contributed by atoms with Crippen LogP contribution in [0.4, 0.5) is 11.4 Å². The van der Waals surface area contributed by atoms with E-state index < -0.39 is 0 Å². The van der Waals surface area contributed by atoms with E-state index in [0.717, 1.165) is 17.9 Å². The first-order valence-electron chi connectivity index (χ1n) is 7.20. The van der Waals surface area contributed by atoms with Crippen molar-refractivity contribution in [1.82, 2.24) is 4.98 Å². The van der Waals surface area contributed by atoms with Crippen molar-refractivity contribution in [3.8, 4) is 0 Å². The second-order valence-electron chi connectivity index (χ2n) is 5.12. The van der Waals surface area contributed by atoms with Crippen LogP contribution in [0.25, 0.3) is 0 Å². The summed E-state index contributed by atoms with van der Waals surface area (Å²) in [5.74, 6) is -0.124. The van der Waals surface area contributed by atoms with Gasteiger partial charge in [0.05, 0.1) is 0 Å². The molecule has 1 aromatic heterocycles. The van der Waals surface area contributed by atoms with E-state index in [2.05, 4.69) is 36.0 Å². The van der Waals surface area contributed by atoms with Crippen LogP contribution in [0.15, 0.2) is 48.8 Å². The summed E-state index contributed by atoms with van der Waals surface area (Å²) in [4.78, 5) is 18.3. The summed E-state index contributed by atoms with van der Waals surface area (Å²) in [6.07, 6.45) is 3.22. The summed E-state index contributed by atoms with van der Waals surface area (Å²) < 4.78 is 0. The number of benzene rings is 1. The van der Waals surface area contributed by atoms with Crippen molar-refractivity contribution in [3.05, 3.63) is 54.4 Å². The van der Waals surface area contributed by atoms with E-state index in [1.54, 1.807) is 24.5 Å². The first kappa shape index (κ1) is 15.0. The molecule has 4 nitrogen and oxygen atoms in total. The van der Waals surface area contributed by atoms with Gasteiger partial charge in [0.1, 0.15) is 0 Å². The summed E-state index contributed by atoms with van der Waals surface area (Å²) in [6.45, 7) is 7.44. The highest BCUT2D eigenvalue weighted by atomic mass is 16.1. The summed E-state index contributed by atoms with van der Waals surface area (Å²) in [6, 6.07) is 11.8. The van der Waals surface area contributed by atoms with Crippen LogP contribution in [-0.4, -0.2) is 23.5 Å². The van der Waals surface area contributed by atoms with Gasteiger partial charge in [-0.3, -0.25) is 9.78 Å². The molecule has 2 rings (SSSR count). The van der Waals surface area contributed by atoms with Gasteiger partial charge in [0.2, 0.25) is 0 Å². The Labute approximate surface area is 125 Å². The number of nitrogens with zero attached hydrogens (tertiary/aromatic N) is 2. The topological polar surface area (TPSA) is 45.2 Å². The lowest BCUT2D eigenvalue weighted by Crippen LogP contribution is -2.30. The van der Waals surface area contributed by atoms with Gasteiger partial charge in [0, 0.05) is 41.9 Å². The van der Waals surface area contributed by atoms with Gasteiger partial charge in [-0.25, -0.2) is 0 Å². The number of hydrogen-bond acceptors (Lipinski definition) is 3. The summed E-state index contributed by atoms with van der Waals surface area (Å²) >= 11 is 0. The number of amides is 1.